The number of ether oxygens (including phenoxy) is 1. The van der Waals surface area contributed by atoms with Gasteiger partial charge in [-0.05, 0) is 17.5 Å². The molecule has 1 aromatic rings. The second kappa shape index (κ2) is 7.74. The number of hydrogen-bond donors (Lipinski definition) is 3. The average Bonchev–Trinajstić information content (AvgIpc) is 2.94. The molecule has 0 aromatic heterocycles. The molecule has 142 valence electrons. The van der Waals surface area contributed by atoms with E-state index >= 15 is 0 Å². The number of likely N-dealkylation sites (tertiary alicyclic amines) is 1. The first-order valence-electron chi connectivity index (χ1n) is 8.34. The number of nitrogens with zero attached hydrogens (tertiary/aromatic N) is 1. The predicted molar refractivity (Wildman–Crippen MR) is 92.6 cm³/mol. The summed E-state index contributed by atoms with van der Waals surface area (Å²) in [6.45, 7) is 5.17. The number of hydrogen-bond acceptors (Lipinski definition) is 5. The third-order valence-electron chi connectivity index (χ3n) is 4.18. The van der Waals surface area contributed by atoms with E-state index in [1.54, 1.807) is 51.1 Å². The molecule has 2 amide bonds. The number of β-amino-alcohol motifs (C(OH)–C–C–N with tert-alkyl or cyclic N) is 1. The molecule has 1 saturated heterocycles. The summed E-state index contributed by atoms with van der Waals surface area (Å²) in [5.41, 5.74) is -0.691. The van der Waals surface area contributed by atoms with Gasteiger partial charge in [0, 0.05) is 13.0 Å². The fraction of sp³-hybridized carbons (Fsp3) is 0.500. The van der Waals surface area contributed by atoms with Gasteiger partial charge in [-0.3, -0.25) is 4.79 Å². The molecule has 0 spiro atoms. The van der Waals surface area contributed by atoms with Crippen LogP contribution in [-0.2, 0) is 9.59 Å². The van der Waals surface area contributed by atoms with Gasteiger partial charge in [0.25, 0.3) is 0 Å². The third-order valence-corrected chi connectivity index (χ3v) is 4.18. The smallest absolute Gasteiger partial charge is 0.413 e. The van der Waals surface area contributed by atoms with E-state index in [0.717, 1.165) is 4.90 Å². The van der Waals surface area contributed by atoms with E-state index in [9.17, 15) is 24.6 Å². The van der Waals surface area contributed by atoms with Crippen molar-refractivity contribution in [3.63, 3.8) is 0 Å². The van der Waals surface area contributed by atoms with Gasteiger partial charge < -0.3 is 25.2 Å². The van der Waals surface area contributed by atoms with Crippen molar-refractivity contribution in [1.29, 1.82) is 0 Å². The van der Waals surface area contributed by atoms with Gasteiger partial charge in [0.2, 0.25) is 5.91 Å². The Morgan fingerprint density at radius 1 is 1.23 bits per heavy atom. The fourth-order valence-electron chi connectivity index (χ4n) is 2.85. The molecule has 0 bridgehead atoms. The van der Waals surface area contributed by atoms with Crippen LogP contribution in [0.25, 0.3) is 0 Å². The van der Waals surface area contributed by atoms with Crippen molar-refractivity contribution in [2.45, 2.75) is 45.4 Å². The minimum atomic E-state index is -1.19. The summed E-state index contributed by atoms with van der Waals surface area (Å²) in [5, 5.41) is 21.6. The Kier molecular flexibility index (Phi) is 5.86. The lowest BCUT2D eigenvalue weighted by Gasteiger charge is -2.34. The monoisotopic (exact) mass is 364 g/mol. The highest BCUT2D eigenvalue weighted by Crippen LogP contribution is 2.26. The minimum Gasteiger partial charge on any atom is -0.480 e. The Morgan fingerprint density at radius 2 is 1.85 bits per heavy atom. The Hall–Kier alpha value is -2.61. The molecule has 3 atom stereocenters. The maximum atomic E-state index is 12.9. The molecule has 8 heteroatoms. The van der Waals surface area contributed by atoms with Gasteiger partial charge in [0.1, 0.15) is 17.8 Å². The number of rotatable bonds is 4. The van der Waals surface area contributed by atoms with E-state index in [2.05, 4.69) is 5.32 Å². The number of nitrogens with one attached hydrogen (secondary N) is 1. The SMILES string of the molecule is CC(C)(C)[C@H](NC(=O)Oc1ccccc1)C(=O)N1CC(O)C[C@H]1C(=O)O. The first-order valence-corrected chi connectivity index (χ1v) is 8.34. The molecular weight excluding hydrogens is 340 g/mol. The molecule has 1 heterocycles. The number of benzene rings is 1. The van der Waals surface area contributed by atoms with Gasteiger partial charge in [0.15, 0.2) is 0 Å². The van der Waals surface area contributed by atoms with Crippen LogP contribution in [0, 0.1) is 5.41 Å². The van der Waals surface area contributed by atoms with Crippen LogP contribution in [0.5, 0.6) is 5.75 Å². The summed E-state index contributed by atoms with van der Waals surface area (Å²) < 4.78 is 5.16. The first-order chi connectivity index (χ1) is 12.1. The first kappa shape index (κ1) is 19.7. The zero-order valence-electron chi connectivity index (χ0n) is 15.0. The Labute approximate surface area is 151 Å². The molecule has 1 aliphatic heterocycles. The number of carbonyl (C=O) groups excluding carboxylic acids is 2. The normalized spacial score (nSPS) is 21.2. The van der Waals surface area contributed by atoms with Crippen LogP contribution in [0.4, 0.5) is 4.79 Å². The number of aliphatic carboxylic acids is 1. The molecular formula is C18H24N2O6. The Morgan fingerprint density at radius 3 is 2.38 bits per heavy atom. The van der Waals surface area contributed by atoms with Gasteiger partial charge in [-0.2, -0.15) is 0 Å². The fourth-order valence-corrected chi connectivity index (χ4v) is 2.85. The summed E-state index contributed by atoms with van der Waals surface area (Å²) in [6.07, 6.45) is -1.75. The van der Waals surface area contributed by atoms with Gasteiger partial charge in [-0.15, -0.1) is 0 Å². The summed E-state index contributed by atoms with van der Waals surface area (Å²) >= 11 is 0. The van der Waals surface area contributed by atoms with E-state index in [-0.39, 0.29) is 13.0 Å². The zero-order valence-corrected chi connectivity index (χ0v) is 15.0. The van der Waals surface area contributed by atoms with Crippen molar-refractivity contribution in [2.75, 3.05) is 6.54 Å². The quantitative estimate of drug-likeness (QED) is 0.740. The zero-order chi connectivity index (χ0) is 19.5. The second-order valence-corrected chi connectivity index (χ2v) is 7.38. The Balaban J connectivity index is 2.15. The molecule has 8 nitrogen and oxygen atoms in total. The topological polar surface area (TPSA) is 116 Å². The van der Waals surface area contributed by atoms with E-state index < -0.39 is 41.6 Å². The van der Waals surface area contributed by atoms with Crippen LogP contribution in [0.3, 0.4) is 0 Å². The van der Waals surface area contributed by atoms with Crippen LogP contribution >= 0.6 is 0 Å². The number of carbonyl (C=O) groups is 3. The highest BCUT2D eigenvalue weighted by molar-refractivity contribution is 5.90. The Bertz CT molecular complexity index is 670. The van der Waals surface area contributed by atoms with E-state index in [4.69, 9.17) is 4.74 Å². The summed E-state index contributed by atoms with van der Waals surface area (Å²) in [4.78, 5) is 37.6. The van der Waals surface area contributed by atoms with Gasteiger partial charge in [-0.25, -0.2) is 9.59 Å². The number of aliphatic hydroxyl groups excluding tert-OH is 1. The van der Waals surface area contributed by atoms with Crippen molar-refractivity contribution in [1.82, 2.24) is 10.2 Å². The van der Waals surface area contributed by atoms with Gasteiger partial charge >= 0.3 is 12.1 Å². The number of carboxylic acids is 1. The lowest BCUT2D eigenvalue weighted by molar-refractivity contribution is -0.150. The molecule has 0 saturated carbocycles. The standard InChI is InChI=1S/C18H24N2O6/c1-18(2,3)14(19-17(25)26-12-7-5-4-6-8-12)15(22)20-10-11(21)9-13(20)16(23)24/h4-8,11,13-14,21H,9-10H2,1-3H3,(H,19,25)(H,23,24)/t11?,13-,14+/m0/s1. The van der Waals surface area contributed by atoms with Crippen molar-refractivity contribution in [2.24, 2.45) is 5.41 Å². The van der Waals surface area contributed by atoms with E-state index in [1.807, 2.05) is 0 Å². The molecule has 0 radical (unpaired) electrons. The van der Waals surface area contributed by atoms with Crippen LogP contribution in [0.2, 0.25) is 0 Å². The number of amides is 2. The maximum Gasteiger partial charge on any atom is 0.413 e. The van der Waals surface area contributed by atoms with Crippen LogP contribution < -0.4 is 10.1 Å². The molecule has 1 fully saturated rings. The molecule has 1 unspecified atom stereocenters. The summed E-state index contributed by atoms with van der Waals surface area (Å²) in [6, 6.07) is 6.27. The summed E-state index contributed by atoms with van der Waals surface area (Å²) in [7, 11) is 0. The van der Waals surface area contributed by atoms with Crippen molar-refractivity contribution >= 4 is 18.0 Å². The highest BCUT2D eigenvalue weighted by atomic mass is 16.6. The minimum absolute atomic E-state index is 0.0353. The second-order valence-electron chi connectivity index (χ2n) is 7.38. The lowest BCUT2D eigenvalue weighted by atomic mass is 9.85. The molecule has 3 N–H and O–H groups in total. The third kappa shape index (κ3) is 4.72. The maximum absolute atomic E-state index is 12.9. The summed E-state index contributed by atoms with van der Waals surface area (Å²) in [5.74, 6) is -1.43. The molecule has 26 heavy (non-hydrogen) atoms. The molecule has 1 aromatic carbocycles. The number of aliphatic hydroxyl groups is 1. The number of carboxylic acid groups (broad SMARTS) is 1. The van der Waals surface area contributed by atoms with E-state index in [0.29, 0.717) is 5.75 Å². The molecule has 1 aliphatic rings. The van der Waals surface area contributed by atoms with Crippen LogP contribution in [0.15, 0.2) is 30.3 Å². The largest absolute Gasteiger partial charge is 0.480 e. The molecule has 0 aliphatic carbocycles. The average molecular weight is 364 g/mol. The van der Waals surface area contributed by atoms with E-state index in [1.165, 1.54) is 0 Å². The van der Waals surface area contributed by atoms with Crippen molar-refractivity contribution < 1.29 is 29.3 Å². The van der Waals surface area contributed by atoms with Gasteiger partial charge in [0.05, 0.1) is 6.10 Å². The predicted octanol–water partition coefficient (Wildman–Crippen LogP) is 1.24. The number of para-hydroxylation sites is 1. The van der Waals surface area contributed by atoms with Crippen molar-refractivity contribution in [3.05, 3.63) is 30.3 Å². The highest BCUT2D eigenvalue weighted by Gasteiger charge is 2.44. The van der Waals surface area contributed by atoms with Crippen molar-refractivity contribution in [3.8, 4) is 5.75 Å². The van der Waals surface area contributed by atoms with Gasteiger partial charge in [-0.1, -0.05) is 39.0 Å². The van der Waals surface area contributed by atoms with Crippen LogP contribution in [0.1, 0.15) is 27.2 Å². The van der Waals surface area contributed by atoms with Crippen LogP contribution in [-0.4, -0.2) is 57.8 Å². The molecule has 2 rings (SSSR count). The lowest BCUT2D eigenvalue weighted by Crippen LogP contribution is -2.57.